The maximum absolute atomic E-state index is 12.7. The Labute approximate surface area is 171 Å². The molecule has 146 valence electrons. The molecule has 0 saturated carbocycles. The van der Waals surface area contributed by atoms with Crippen molar-refractivity contribution >= 4 is 16.8 Å². The molecular formula is C26H26N2O. The lowest BCUT2D eigenvalue weighted by molar-refractivity contribution is -0.121. The standard InChI is InChI=1S/C26H26N2O/c29-26(17-9-14-22-19-27-24-16-8-7-15-23(22)24)28-25(21-12-5-2-6-13-21)18-20-10-3-1-4-11-20/h1-8,10-13,15-16,19,25,27H,9,14,17-18H2,(H,28,29)/t25-/m1/s1. The van der Waals surface area contributed by atoms with Crippen molar-refractivity contribution in [1.29, 1.82) is 0 Å². The van der Waals surface area contributed by atoms with Gasteiger partial charge >= 0.3 is 0 Å². The summed E-state index contributed by atoms with van der Waals surface area (Å²) in [6, 6.07) is 28.8. The van der Waals surface area contributed by atoms with Crippen molar-refractivity contribution < 1.29 is 4.79 Å². The molecule has 0 aliphatic heterocycles. The quantitative estimate of drug-likeness (QED) is 0.410. The molecule has 0 fully saturated rings. The van der Waals surface area contributed by atoms with E-state index < -0.39 is 0 Å². The predicted molar refractivity (Wildman–Crippen MR) is 119 cm³/mol. The Kier molecular flexibility index (Phi) is 6.06. The zero-order valence-corrected chi connectivity index (χ0v) is 16.5. The molecule has 0 spiro atoms. The molecule has 3 nitrogen and oxygen atoms in total. The Balaban J connectivity index is 1.37. The van der Waals surface area contributed by atoms with Crippen molar-refractivity contribution in [2.24, 2.45) is 0 Å². The molecule has 3 aromatic carbocycles. The van der Waals surface area contributed by atoms with E-state index in [9.17, 15) is 4.79 Å². The number of aromatic nitrogens is 1. The van der Waals surface area contributed by atoms with Gasteiger partial charge in [-0.15, -0.1) is 0 Å². The summed E-state index contributed by atoms with van der Waals surface area (Å²) in [6.07, 6.45) is 5.11. The van der Waals surface area contributed by atoms with Gasteiger partial charge in [-0.1, -0.05) is 78.9 Å². The first-order valence-corrected chi connectivity index (χ1v) is 10.2. The zero-order chi connectivity index (χ0) is 19.9. The van der Waals surface area contributed by atoms with E-state index in [-0.39, 0.29) is 11.9 Å². The predicted octanol–water partition coefficient (Wildman–Crippen LogP) is 5.59. The molecule has 1 atom stereocenters. The summed E-state index contributed by atoms with van der Waals surface area (Å²) >= 11 is 0. The van der Waals surface area contributed by atoms with Crippen LogP contribution in [0.15, 0.2) is 91.1 Å². The molecule has 0 saturated heterocycles. The van der Waals surface area contributed by atoms with E-state index in [1.807, 2.05) is 42.5 Å². The van der Waals surface area contributed by atoms with Crippen LogP contribution in [0.4, 0.5) is 0 Å². The lowest BCUT2D eigenvalue weighted by Crippen LogP contribution is -2.29. The molecule has 3 heteroatoms. The van der Waals surface area contributed by atoms with E-state index >= 15 is 0 Å². The summed E-state index contributed by atoms with van der Waals surface area (Å²) in [5, 5.41) is 4.50. The molecule has 29 heavy (non-hydrogen) atoms. The van der Waals surface area contributed by atoms with E-state index in [1.165, 1.54) is 16.5 Å². The largest absolute Gasteiger partial charge is 0.361 e. The third-order valence-electron chi connectivity index (χ3n) is 5.34. The number of rotatable bonds is 8. The molecule has 2 N–H and O–H groups in total. The summed E-state index contributed by atoms with van der Waals surface area (Å²) in [5.41, 5.74) is 4.79. The van der Waals surface area contributed by atoms with Crippen molar-refractivity contribution in [3.8, 4) is 0 Å². The molecule has 0 aliphatic rings. The number of carbonyl (C=O) groups is 1. The van der Waals surface area contributed by atoms with Crippen LogP contribution in [-0.2, 0) is 17.6 Å². The van der Waals surface area contributed by atoms with E-state index in [2.05, 4.69) is 59.0 Å². The minimum absolute atomic E-state index is 0.0146. The van der Waals surface area contributed by atoms with Gasteiger partial charge in [0.15, 0.2) is 0 Å². The first kappa shape index (κ1) is 19.0. The normalized spacial score (nSPS) is 12.0. The molecule has 0 radical (unpaired) electrons. The van der Waals surface area contributed by atoms with Crippen LogP contribution in [0.25, 0.3) is 10.9 Å². The van der Waals surface area contributed by atoms with Crippen LogP contribution in [0.1, 0.15) is 35.6 Å². The number of amides is 1. The fraction of sp³-hybridized carbons (Fsp3) is 0.192. The van der Waals surface area contributed by atoms with Crippen molar-refractivity contribution in [3.05, 3.63) is 108 Å². The Morgan fingerprint density at radius 2 is 1.55 bits per heavy atom. The van der Waals surface area contributed by atoms with Gasteiger partial charge in [0, 0.05) is 23.5 Å². The second kappa shape index (κ2) is 9.24. The number of fused-ring (bicyclic) bond motifs is 1. The molecule has 1 amide bonds. The van der Waals surface area contributed by atoms with Gasteiger partial charge < -0.3 is 10.3 Å². The molecular weight excluding hydrogens is 356 g/mol. The summed E-state index contributed by atoms with van der Waals surface area (Å²) in [7, 11) is 0. The summed E-state index contributed by atoms with van der Waals surface area (Å²) < 4.78 is 0. The van der Waals surface area contributed by atoms with Crippen molar-refractivity contribution in [3.63, 3.8) is 0 Å². The highest BCUT2D eigenvalue weighted by atomic mass is 16.1. The number of aryl methyl sites for hydroxylation is 1. The van der Waals surface area contributed by atoms with Gasteiger partial charge in [0.2, 0.25) is 5.91 Å². The average Bonchev–Trinajstić information content (AvgIpc) is 3.18. The zero-order valence-electron chi connectivity index (χ0n) is 16.5. The molecule has 0 unspecified atom stereocenters. The lowest BCUT2D eigenvalue weighted by Gasteiger charge is -2.19. The maximum atomic E-state index is 12.7. The second-order valence-electron chi connectivity index (χ2n) is 7.43. The third kappa shape index (κ3) is 4.94. The molecule has 1 aromatic heterocycles. The van der Waals surface area contributed by atoms with E-state index in [0.717, 1.165) is 30.3 Å². The fourth-order valence-corrected chi connectivity index (χ4v) is 3.83. The SMILES string of the molecule is O=C(CCCc1c[nH]c2ccccc12)N[C@H](Cc1ccccc1)c1ccccc1. The van der Waals surface area contributed by atoms with Crippen molar-refractivity contribution in [1.82, 2.24) is 10.3 Å². The van der Waals surface area contributed by atoms with Crippen LogP contribution >= 0.6 is 0 Å². The number of H-pyrrole nitrogens is 1. The van der Waals surface area contributed by atoms with Gasteiger partial charge in [-0.3, -0.25) is 4.79 Å². The molecule has 4 rings (SSSR count). The smallest absolute Gasteiger partial charge is 0.220 e. The van der Waals surface area contributed by atoms with Gasteiger partial charge in [0.25, 0.3) is 0 Å². The van der Waals surface area contributed by atoms with E-state index in [1.54, 1.807) is 0 Å². The first-order valence-electron chi connectivity index (χ1n) is 10.2. The van der Waals surface area contributed by atoms with Gasteiger partial charge in [-0.25, -0.2) is 0 Å². The Morgan fingerprint density at radius 3 is 2.34 bits per heavy atom. The van der Waals surface area contributed by atoms with Crippen molar-refractivity contribution in [2.75, 3.05) is 0 Å². The van der Waals surface area contributed by atoms with Crippen LogP contribution in [0.5, 0.6) is 0 Å². The first-order chi connectivity index (χ1) is 14.3. The monoisotopic (exact) mass is 382 g/mol. The highest BCUT2D eigenvalue weighted by Crippen LogP contribution is 2.21. The number of nitrogens with one attached hydrogen (secondary N) is 2. The molecule has 0 bridgehead atoms. The van der Waals surface area contributed by atoms with Crippen LogP contribution < -0.4 is 5.32 Å². The Bertz CT molecular complexity index is 1050. The van der Waals surface area contributed by atoms with Crippen LogP contribution in [-0.4, -0.2) is 10.9 Å². The number of benzene rings is 3. The molecule has 0 aliphatic carbocycles. The Morgan fingerprint density at radius 1 is 0.862 bits per heavy atom. The average molecular weight is 383 g/mol. The highest BCUT2D eigenvalue weighted by Gasteiger charge is 2.15. The van der Waals surface area contributed by atoms with E-state index in [0.29, 0.717) is 6.42 Å². The van der Waals surface area contributed by atoms with Gasteiger partial charge in [-0.05, 0) is 42.0 Å². The maximum Gasteiger partial charge on any atom is 0.220 e. The van der Waals surface area contributed by atoms with Crippen molar-refractivity contribution in [2.45, 2.75) is 31.7 Å². The fourth-order valence-electron chi connectivity index (χ4n) is 3.83. The molecule has 4 aromatic rings. The number of hydrogen-bond acceptors (Lipinski definition) is 1. The van der Waals surface area contributed by atoms with Gasteiger partial charge in [0.05, 0.1) is 6.04 Å². The number of para-hydroxylation sites is 1. The third-order valence-corrected chi connectivity index (χ3v) is 5.34. The number of aromatic amines is 1. The Hall–Kier alpha value is -3.33. The molecule has 1 heterocycles. The topological polar surface area (TPSA) is 44.9 Å². The summed E-state index contributed by atoms with van der Waals surface area (Å²) in [6.45, 7) is 0. The lowest BCUT2D eigenvalue weighted by atomic mass is 9.98. The van der Waals surface area contributed by atoms with E-state index in [4.69, 9.17) is 0 Å². The van der Waals surface area contributed by atoms with Gasteiger partial charge in [-0.2, -0.15) is 0 Å². The van der Waals surface area contributed by atoms with Crippen LogP contribution in [0, 0.1) is 0 Å². The summed E-state index contributed by atoms with van der Waals surface area (Å²) in [4.78, 5) is 16.0. The summed E-state index contributed by atoms with van der Waals surface area (Å²) in [5.74, 6) is 0.106. The highest BCUT2D eigenvalue weighted by molar-refractivity contribution is 5.83. The van der Waals surface area contributed by atoms with Gasteiger partial charge in [0.1, 0.15) is 0 Å². The minimum Gasteiger partial charge on any atom is -0.361 e. The number of hydrogen-bond donors (Lipinski definition) is 2. The number of carbonyl (C=O) groups excluding carboxylic acids is 1. The minimum atomic E-state index is -0.0146. The van der Waals surface area contributed by atoms with Crippen LogP contribution in [0.2, 0.25) is 0 Å². The van der Waals surface area contributed by atoms with Crippen LogP contribution in [0.3, 0.4) is 0 Å². The second-order valence-corrected chi connectivity index (χ2v) is 7.43.